The van der Waals surface area contributed by atoms with Crippen molar-refractivity contribution in [2.45, 2.75) is 23.2 Å². The van der Waals surface area contributed by atoms with E-state index in [1.165, 1.54) is 6.07 Å². The van der Waals surface area contributed by atoms with Crippen molar-refractivity contribution < 1.29 is 4.79 Å². The van der Waals surface area contributed by atoms with Gasteiger partial charge in [-0.3, -0.25) is 9.36 Å². The summed E-state index contributed by atoms with van der Waals surface area (Å²) in [5.41, 5.74) is 4.92. The third kappa shape index (κ3) is 3.98. The Hall–Kier alpha value is -0.560. The van der Waals surface area contributed by atoms with Gasteiger partial charge in [-0.2, -0.15) is 0 Å². The van der Waals surface area contributed by atoms with E-state index in [0.717, 1.165) is 4.57 Å². The van der Waals surface area contributed by atoms with Crippen molar-refractivity contribution in [3.63, 3.8) is 0 Å². The van der Waals surface area contributed by atoms with Crippen LogP contribution in [0.1, 0.15) is 18.5 Å². The predicted octanol–water partition coefficient (Wildman–Crippen LogP) is 1.86. The number of amides is 1. The van der Waals surface area contributed by atoms with Crippen LogP contribution in [0.4, 0.5) is 0 Å². The zero-order chi connectivity index (χ0) is 14.1. The zero-order valence-corrected chi connectivity index (χ0v) is 12.3. The molecule has 0 aliphatic rings. The number of nitrogens with zero attached hydrogens (tertiary/aromatic N) is 1. The molecule has 18 heavy (non-hydrogen) atoms. The molecule has 0 saturated heterocycles. The Bertz CT molecular complexity index is 544. The largest absolute Gasteiger partial charge is 0.369 e. The standard InChI is InChI=1S/C9H10Cl3N3O2S/c1-4(7(13)16)5-2-6(18)15(8(17)14-5)3-9(10,11)12/h2,4H,3H2,1H3,(H2,13,16)(H,14,17). The summed E-state index contributed by atoms with van der Waals surface area (Å²) in [5, 5.41) is 0. The molecule has 1 amide bonds. The van der Waals surface area contributed by atoms with Gasteiger partial charge in [0.05, 0.1) is 12.5 Å². The molecule has 0 aliphatic carbocycles. The number of alkyl halides is 3. The van der Waals surface area contributed by atoms with Crippen molar-refractivity contribution in [2.24, 2.45) is 5.73 Å². The predicted molar refractivity (Wildman–Crippen MR) is 73.8 cm³/mol. The molecular formula is C9H10Cl3N3O2S. The van der Waals surface area contributed by atoms with Crippen LogP contribution in [0.3, 0.4) is 0 Å². The normalized spacial score (nSPS) is 13.3. The Morgan fingerprint density at radius 2 is 2.17 bits per heavy atom. The van der Waals surface area contributed by atoms with Gasteiger partial charge in [0, 0.05) is 5.69 Å². The number of nitrogens with two attached hydrogens (primary N) is 1. The van der Waals surface area contributed by atoms with Crippen LogP contribution < -0.4 is 11.4 Å². The smallest absolute Gasteiger partial charge is 0.326 e. The lowest BCUT2D eigenvalue weighted by Crippen LogP contribution is -2.31. The minimum atomic E-state index is -1.64. The van der Waals surface area contributed by atoms with Crippen LogP contribution in [0.25, 0.3) is 0 Å². The van der Waals surface area contributed by atoms with Crippen LogP contribution >= 0.6 is 47.0 Å². The molecule has 0 aromatic carbocycles. The summed E-state index contributed by atoms with van der Waals surface area (Å²) in [6.45, 7) is 1.37. The van der Waals surface area contributed by atoms with Crippen LogP contribution in [0, 0.1) is 4.64 Å². The van der Waals surface area contributed by atoms with Crippen molar-refractivity contribution in [3.8, 4) is 0 Å². The maximum absolute atomic E-state index is 11.8. The molecule has 1 atom stereocenters. The van der Waals surface area contributed by atoms with E-state index in [-0.39, 0.29) is 11.2 Å². The van der Waals surface area contributed by atoms with Gasteiger partial charge in [0.1, 0.15) is 4.64 Å². The van der Waals surface area contributed by atoms with Gasteiger partial charge in [-0.05, 0) is 13.0 Å². The maximum atomic E-state index is 11.8. The van der Waals surface area contributed by atoms with Gasteiger partial charge in [0.2, 0.25) is 9.70 Å². The quantitative estimate of drug-likeness (QED) is 0.656. The number of primary amides is 1. The molecule has 0 spiro atoms. The second-order valence-corrected chi connectivity index (χ2v) is 6.63. The monoisotopic (exact) mass is 329 g/mol. The van der Waals surface area contributed by atoms with Crippen LogP contribution in [0.2, 0.25) is 0 Å². The van der Waals surface area contributed by atoms with Crippen LogP contribution in [-0.4, -0.2) is 19.3 Å². The van der Waals surface area contributed by atoms with Crippen molar-refractivity contribution >= 4 is 52.9 Å². The third-order valence-electron chi connectivity index (χ3n) is 2.27. The molecule has 0 fully saturated rings. The van der Waals surface area contributed by atoms with Crippen molar-refractivity contribution in [1.29, 1.82) is 0 Å². The third-order valence-corrected chi connectivity index (χ3v) is 2.97. The molecule has 1 aromatic rings. The Morgan fingerprint density at radius 1 is 1.61 bits per heavy atom. The molecule has 0 aliphatic heterocycles. The van der Waals surface area contributed by atoms with Gasteiger partial charge >= 0.3 is 5.69 Å². The second kappa shape index (κ2) is 5.61. The molecule has 1 unspecified atom stereocenters. The number of halogens is 3. The average molecular weight is 331 g/mol. The summed E-state index contributed by atoms with van der Waals surface area (Å²) < 4.78 is -0.380. The summed E-state index contributed by atoms with van der Waals surface area (Å²) in [5.74, 6) is -1.22. The van der Waals surface area contributed by atoms with Crippen LogP contribution in [0.15, 0.2) is 10.9 Å². The highest BCUT2D eigenvalue weighted by atomic mass is 35.6. The molecule has 9 heteroatoms. The van der Waals surface area contributed by atoms with E-state index in [4.69, 9.17) is 52.8 Å². The minimum Gasteiger partial charge on any atom is -0.369 e. The molecular weight excluding hydrogens is 321 g/mol. The van der Waals surface area contributed by atoms with Gasteiger partial charge in [-0.15, -0.1) is 0 Å². The van der Waals surface area contributed by atoms with Gasteiger partial charge in [0.15, 0.2) is 0 Å². The molecule has 1 heterocycles. The minimum absolute atomic E-state index is 0.160. The highest BCUT2D eigenvalue weighted by Gasteiger charge is 2.22. The van der Waals surface area contributed by atoms with Gasteiger partial charge in [-0.1, -0.05) is 47.0 Å². The van der Waals surface area contributed by atoms with Crippen molar-refractivity contribution in [3.05, 3.63) is 26.9 Å². The number of carbonyl (C=O) groups excluding carboxylic acids is 1. The SMILES string of the molecule is CC(C(N)=O)c1cc(=S)n(CC(Cl)(Cl)Cl)c(=O)[nH]1. The van der Waals surface area contributed by atoms with E-state index in [9.17, 15) is 9.59 Å². The van der Waals surface area contributed by atoms with Gasteiger partial charge in [0.25, 0.3) is 0 Å². The second-order valence-electron chi connectivity index (χ2n) is 3.69. The maximum Gasteiger partial charge on any atom is 0.326 e. The number of nitrogens with one attached hydrogen (secondary N) is 1. The number of aromatic nitrogens is 2. The first-order valence-corrected chi connectivity index (χ1v) is 6.36. The topological polar surface area (TPSA) is 80.9 Å². The summed E-state index contributed by atoms with van der Waals surface area (Å²) in [7, 11) is 0. The molecule has 0 bridgehead atoms. The Morgan fingerprint density at radius 3 is 2.56 bits per heavy atom. The molecule has 0 saturated carbocycles. The van der Waals surface area contributed by atoms with Gasteiger partial charge in [-0.25, -0.2) is 4.79 Å². The zero-order valence-electron chi connectivity index (χ0n) is 9.25. The van der Waals surface area contributed by atoms with E-state index in [1.54, 1.807) is 6.92 Å². The molecule has 100 valence electrons. The number of hydrogen-bond donors (Lipinski definition) is 2. The first-order valence-electron chi connectivity index (χ1n) is 4.82. The summed E-state index contributed by atoms with van der Waals surface area (Å²) in [4.78, 5) is 25.3. The van der Waals surface area contributed by atoms with Crippen molar-refractivity contribution in [1.82, 2.24) is 9.55 Å². The Labute approximate surface area is 123 Å². The summed E-state index contributed by atoms with van der Waals surface area (Å²) in [6, 6.07) is 1.45. The summed E-state index contributed by atoms with van der Waals surface area (Å²) >= 11 is 21.8. The number of H-pyrrole nitrogens is 1. The first kappa shape index (κ1) is 15.5. The highest BCUT2D eigenvalue weighted by molar-refractivity contribution is 7.71. The fraction of sp³-hybridized carbons (Fsp3) is 0.444. The number of aromatic amines is 1. The Balaban J connectivity index is 3.26. The molecule has 1 aromatic heterocycles. The van der Waals surface area contributed by atoms with E-state index in [2.05, 4.69) is 4.98 Å². The van der Waals surface area contributed by atoms with E-state index < -0.39 is 21.3 Å². The Kier molecular flexibility index (Phi) is 4.83. The number of hydrogen-bond acceptors (Lipinski definition) is 3. The van der Waals surface area contributed by atoms with E-state index in [0.29, 0.717) is 5.69 Å². The van der Waals surface area contributed by atoms with Gasteiger partial charge < -0.3 is 10.7 Å². The van der Waals surface area contributed by atoms with E-state index in [1.807, 2.05) is 0 Å². The van der Waals surface area contributed by atoms with Crippen LogP contribution in [-0.2, 0) is 11.3 Å². The molecule has 1 rings (SSSR count). The number of carbonyl (C=O) groups is 1. The fourth-order valence-corrected chi connectivity index (χ4v) is 1.89. The van der Waals surface area contributed by atoms with E-state index >= 15 is 0 Å². The molecule has 3 N–H and O–H groups in total. The lowest BCUT2D eigenvalue weighted by Gasteiger charge is -2.14. The lowest BCUT2D eigenvalue weighted by molar-refractivity contribution is -0.119. The molecule has 0 radical (unpaired) electrons. The average Bonchev–Trinajstić information content (AvgIpc) is 2.20. The fourth-order valence-electron chi connectivity index (χ4n) is 1.25. The highest BCUT2D eigenvalue weighted by Crippen LogP contribution is 2.27. The summed E-state index contributed by atoms with van der Waals surface area (Å²) in [6.07, 6.45) is 0. The van der Waals surface area contributed by atoms with Crippen molar-refractivity contribution in [2.75, 3.05) is 0 Å². The number of rotatable bonds is 3. The first-order chi connectivity index (χ1) is 8.11. The molecule has 5 nitrogen and oxygen atoms in total. The lowest BCUT2D eigenvalue weighted by atomic mass is 10.1. The van der Waals surface area contributed by atoms with Crippen LogP contribution in [0.5, 0.6) is 0 Å².